The molecule has 2 heterocycles. The molecule has 1 saturated heterocycles. The minimum absolute atomic E-state index is 0.0377. The standard InChI is InChI=1S/C24H36N4O2S/c1-17(2)15-25-24(31)28(7-5-6-27-8-10-30-11-9-27)16-21-14-20-13-18(3)12-19(4)22(20)26-23(21)29/h12-14,17H,5-11,15-16H2,1-4H3,(H,25,31)(H,26,29). The summed E-state index contributed by atoms with van der Waals surface area (Å²) in [5, 5.41) is 5.17. The molecular formula is C24H36N4O2S. The monoisotopic (exact) mass is 444 g/mol. The number of H-pyrrole nitrogens is 1. The maximum absolute atomic E-state index is 12.8. The molecule has 6 nitrogen and oxygen atoms in total. The van der Waals surface area contributed by atoms with Crippen LogP contribution in [-0.2, 0) is 11.3 Å². The van der Waals surface area contributed by atoms with Crippen molar-refractivity contribution in [1.82, 2.24) is 20.1 Å². The van der Waals surface area contributed by atoms with E-state index in [0.717, 1.165) is 79.5 Å². The van der Waals surface area contributed by atoms with Crippen LogP contribution in [0.5, 0.6) is 0 Å². The van der Waals surface area contributed by atoms with Crippen LogP contribution in [0.2, 0.25) is 0 Å². The molecule has 1 aliphatic rings. The summed E-state index contributed by atoms with van der Waals surface area (Å²) >= 11 is 5.71. The van der Waals surface area contributed by atoms with Crippen molar-refractivity contribution in [1.29, 1.82) is 0 Å². The first-order valence-corrected chi connectivity index (χ1v) is 11.7. The number of rotatable bonds is 8. The Morgan fingerprint density at radius 2 is 2.00 bits per heavy atom. The Bertz CT molecular complexity index is 950. The van der Waals surface area contributed by atoms with E-state index in [0.29, 0.717) is 12.5 Å². The number of aryl methyl sites for hydroxylation is 2. The topological polar surface area (TPSA) is 60.6 Å². The molecule has 170 valence electrons. The molecule has 0 bridgehead atoms. The lowest BCUT2D eigenvalue weighted by Crippen LogP contribution is -2.43. The highest BCUT2D eigenvalue weighted by Crippen LogP contribution is 2.18. The zero-order valence-electron chi connectivity index (χ0n) is 19.3. The van der Waals surface area contributed by atoms with E-state index in [-0.39, 0.29) is 5.56 Å². The molecule has 0 atom stereocenters. The fraction of sp³-hybridized carbons (Fsp3) is 0.583. The molecule has 0 saturated carbocycles. The van der Waals surface area contributed by atoms with E-state index >= 15 is 0 Å². The zero-order chi connectivity index (χ0) is 22.4. The Kier molecular flexibility index (Phi) is 8.46. The maximum Gasteiger partial charge on any atom is 0.253 e. The highest BCUT2D eigenvalue weighted by atomic mass is 32.1. The highest BCUT2D eigenvalue weighted by molar-refractivity contribution is 7.80. The van der Waals surface area contributed by atoms with Gasteiger partial charge in [0.25, 0.3) is 5.56 Å². The van der Waals surface area contributed by atoms with Crippen molar-refractivity contribution in [3.05, 3.63) is 45.2 Å². The van der Waals surface area contributed by atoms with Gasteiger partial charge >= 0.3 is 0 Å². The fourth-order valence-corrected chi connectivity index (χ4v) is 4.26. The normalized spacial score (nSPS) is 14.9. The Morgan fingerprint density at radius 1 is 1.26 bits per heavy atom. The molecule has 1 aromatic heterocycles. The van der Waals surface area contributed by atoms with E-state index in [1.165, 1.54) is 5.56 Å². The number of ether oxygens (including phenoxy) is 1. The molecule has 0 aliphatic carbocycles. The first-order valence-electron chi connectivity index (χ1n) is 11.3. The molecular weight excluding hydrogens is 408 g/mol. The number of nitrogens with zero attached hydrogens (tertiary/aromatic N) is 2. The van der Waals surface area contributed by atoms with Gasteiger partial charge in [-0.2, -0.15) is 0 Å². The van der Waals surface area contributed by atoms with Gasteiger partial charge in [-0.15, -0.1) is 0 Å². The second-order valence-electron chi connectivity index (χ2n) is 8.98. The summed E-state index contributed by atoms with van der Waals surface area (Å²) in [5.41, 5.74) is 3.91. The number of pyridine rings is 1. The second-order valence-corrected chi connectivity index (χ2v) is 9.37. The third kappa shape index (κ3) is 6.76. The molecule has 2 N–H and O–H groups in total. The van der Waals surface area contributed by atoms with E-state index in [9.17, 15) is 4.79 Å². The van der Waals surface area contributed by atoms with Crippen LogP contribution in [-0.4, -0.2) is 65.8 Å². The lowest BCUT2D eigenvalue weighted by molar-refractivity contribution is 0.0367. The van der Waals surface area contributed by atoms with Crippen LogP contribution < -0.4 is 10.9 Å². The molecule has 31 heavy (non-hydrogen) atoms. The number of morpholine rings is 1. The predicted molar refractivity (Wildman–Crippen MR) is 132 cm³/mol. The SMILES string of the molecule is Cc1cc(C)c2[nH]c(=O)c(CN(CCCN3CCOCC3)C(=S)NCC(C)C)cc2c1. The minimum Gasteiger partial charge on any atom is -0.379 e. The van der Waals surface area contributed by atoms with Gasteiger partial charge in [-0.05, 0) is 61.5 Å². The van der Waals surface area contributed by atoms with Crippen molar-refractivity contribution in [2.24, 2.45) is 5.92 Å². The van der Waals surface area contributed by atoms with Gasteiger partial charge in [0.05, 0.1) is 25.3 Å². The highest BCUT2D eigenvalue weighted by Gasteiger charge is 2.16. The van der Waals surface area contributed by atoms with E-state index in [4.69, 9.17) is 17.0 Å². The largest absolute Gasteiger partial charge is 0.379 e. The van der Waals surface area contributed by atoms with Crippen molar-refractivity contribution in [3.8, 4) is 0 Å². The molecule has 2 aromatic rings. The van der Waals surface area contributed by atoms with Gasteiger partial charge < -0.3 is 19.9 Å². The number of nitrogens with one attached hydrogen (secondary N) is 2. The third-order valence-corrected chi connectivity index (χ3v) is 6.09. The molecule has 0 radical (unpaired) electrons. The van der Waals surface area contributed by atoms with Crippen LogP contribution in [0, 0.1) is 19.8 Å². The molecule has 0 unspecified atom stereocenters. The minimum atomic E-state index is -0.0377. The van der Waals surface area contributed by atoms with Crippen LogP contribution in [0.25, 0.3) is 10.9 Å². The number of benzene rings is 1. The summed E-state index contributed by atoms with van der Waals surface area (Å²) < 4.78 is 5.44. The van der Waals surface area contributed by atoms with Gasteiger partial charge in [-0.25, -0.2) is 0 Å². The number of aromatic amines is 1. The number of hydrogen-bond donors (Lipinski definition) is 2. The smallest absolute Gasteiger partial charge is 0.253 e. The number of thiocarbonyl (C=S) groups is 1. The molecule has 7 heteroatoms. The Morgan fingerprint density at radius 3 is 2.71 bits per heavy atom. The molecule has 0 amide bonds. The second kappa shape index (κ2) is 11.1. The Balaban J connectivity index is 1.75. The molecule has 3 rings (SSSR count). The van der Waals surface area contributed by atoms with Gasteiger partial charge in [0.1, 0.15) is 0 Å². The van der Waals surface area contributed by atoms with Crippen LogP contribution in [0.4, 0.5) is 0 Å². The number of hydrogen-bond acceptors (Lipinski definition) is 4. The molecule has 1 aromatic carbocycles. The summed E-state index contributed by atoms with van der Waals surface area (Å²) in [6.07, 6.45) is 0.993. The number of aromatic nitrogens is 1. The van der Waals surface area contributed by atoms with Crippen molar-refractivity contribution in [2.45, 2.75) is 40.7 Å². The summed E-state index contributed by atoms with van der Waals surface area (Å²) in [6.45, 7) is 15.2. The number of fused-ring (bicyclic) bond motifs is 1. The average Bonchev–Trinajstić information content (AvgIpc) is 2.73. The summed E-state index contributed by atoms with van der Waals surface area (Å²) in [5.74, 6) is 0.503. The molecule has 1 fully saturated rings. The van der Waals surface area contributed by atoms with E-state index in [2.05, 4.69) is 53.0 Å². The van der Waals surface area contributed by atoms with Gasteiger partial charge in [0, 0.05) is 38.3 Å². The fourth-order valence-electron chi connectivity index (χ4n) is 4.02. The van der Waals surface area contributed by atoms with Gasteiger partial charge in [-0.3, -0.25) is 9.69 Å². The van der Waals surface area contributed by atoms with Crippen LogP contribution in [0.1, 0.15) is 37.0 Å². The van der Waals surface area contributed by atoms with Crippen LogP contribution >= 0.6 is 12.2 Å². The average molecular weight is 445 g/mol. The Hall–Kier alpha value is -1.96. The predicted octanol–water partition coefficient (Wildman–Crippen LogP) is 3.20. The lowest BCUT2D eigenvalue weighted by Gasteiger charge is -2.30. The van der Waals surface area contributed by atoms with E-state index in [1.54, 1.807) is 0 Å². The maximum atomic E-state index is 12.8. The van der Waals surface area contributed by atoms with Gasteiger partial charge in [0.2, 0.25) is 0 Å². The van der Waals surface area contributed by atoms with E-state index < -0.39 is 0 Å². The van der Waals surface area contributed by atoms with Crippen LogP contribution in [0.3, 0.4) is 0 Å². The van der Waals surface area contributed by atoms with E-state index in [1.807, 2.05) is 13.0 Å². The molecule has 1 aliphatic heterocycles. The lowest BCUT2D eigenvalue weighted by atomic mass is 10.1. The zero-order valence-corrected chi connectivity index (χ0v) is 20.1. The van der Waals surface area contributed by atoms with Crippen molar-refractivity contribution < 1.29 is 4.74 Å². The summed E-state index contributed by atoms with van der Waals surface area (Å²) in [6, 6.07) is 6.24. The quantitative estimate of drug-likeness (QED) is 0.610. The first kappa shape index (κ1) is 23.7. The van der Waals surface area contributed by atoms with Crippen molar-refractivity contribution in [2.75, 3.05) is 45.9 Å². The first-order chi connectivity index (χ1) is 14.8. The summed E-state index contributed by atoms with van der Waals surface area (Å²) in [7, 11) is 0. The third-order valence-electron chi connectivity index (χ3n) is 5.69. The van der Waals surface area contributed by atoms with Gasteiger partial charge in [-0.1, -0.05) is 25.5 Å². The van der Waals surface area contributed by atoms with Gasteiger partial charge in [0.15, 0.2) is 5.11 Å². The van der Waals surface area contributed by atoms with Crippen molar-refractivity contribution >= 4 is 28.2 Å². The summed E-state index contributed by atoms with van der Waals surface area (Å²) in [4.78, 5) is 20.5. The molecule has 0 spiro atoms. The Labute approximate surface area is 191 Å². The van der Waals surface area contributed by atoms with Crippen molar-refractivity contribution in [3.63, 3.8) is 0 Å². The van der Waals surface area contributed by atoms with Crippen LogP contribution in [0.15, 0.2) is 23.0 Å².